The second kappa shape index (κ2) is 4.41. The summed E-state index contributed by atoms with van der Waals surface area (Å²) in [7, 11) is 0. The van der Waals surface area contributed by atoms with Crippen LogP contribution >= 0.6 is 11.8 Å². The number of hydrogen-bond donors (Lipinski definition) is 1. The predicted octanol–water partition coefficient (Wildman–Crippen LogP) is 3.25. The number of rotatable bonds is 1. The van der Waals surface area contributed by atoms with E-state index in [2.05, 4.69) is 21.7 Å². The Labute approximate surface area is 125 Å². The summed E-state index contributed by atoms with van der Waals surface area (Å²) in [5, 5.41) is 6.05. The minimum atomic E-state index is 0.727. The van der Waals surface area contributed by atoms with Crippen LogP contribution in [-0.2, 0) is 0 Å². The van der Waals surface area contributed by atoms with E-state index in [1.165, 1.54) is 38.6 Å². The van der Waals surface area contributed by atoms with Gasteiger partial charge in [-0.05, 0) is 60.5 Å². The van der Waals surface area contributed by atoms with Gasteiger partial charge in [-0.25, -0.2) is 0 Å². The van der Waals surface area contributed by atoms with Crippen LogP contribution in [0, 0.1) is 11.8 Å². The van der Waals surface area contributed by atoms with E-state index in [0.29, 0.717) is 0 Å². The number of hydrogen-bond acceptors (Lipinski definition) is 3. The third-order valence-electron chi connectivity index (χ3n) is 5.69. The summed E-state index contributed by atoms with van der Waals surface area (Å²) in [6.07, 6.45) is 9.29. The highest BCUT2D eigenvalue weighted by molar-refractivity contribution is 8.05. The van der Waals surface area contributed by atoms with Gasteiger partial charge < -0.3 is 10.2 Å². The van der Waals surface area contributed by atoms with Gasteiger partial charge in [0.25, 0.3) is 0 Å². The van der Waals surface area contributed by atoms with Crippen molar-refractivity contribution >= 4 is 11.8 Å². The first-order chi connectivity index (χ1) is 9.93. The van der Waals surface area contributed by atoms with Crippen molar-refractivity contribution in [3.63, 3.8) is 0 Å². The van der Waals surface area contributed by atoms with Crippen LogP contribution in [-0.4, -0.2) is 30.6 Å². The van der Waals surface area contributed by atoms with Crippen molar-refractivity contribution in [2.45, 2.75) is 38.1 Å². The first-order valence-electron chi connectivity index (χ1n) is 8.18. The zero-order valence-corrected chi connectivity index (χ0v) is 12.7. The van der Waals surface area contributed by atoms with Gasteiger partial charge in [-0.3, -0.25) is 0 Å². The summed E-state index contributed by atoms with van der Waals surface area (Å²) in [6.45, 7) is 3.51. The predicted molar refractivity (Wildman–Crippen MR) is 84.2 cm³/mol. The molecule has 2 aliphatic carbocycles. The van der Waals surface area contributed by atoms with E-state index in [4.69, 9.17) is 0 Å². The van der Waals surface area contributed by atoms with E-state index in [0.717, 1.165) is 31.0 Å². The van der Waals surface area contributed by atoms with Gasteiger partial charge in [0, 0.05) is 24.5 Å². The molecule has 5 aliphatic rings. The number of allylic oxidation sites excluding steroid dienone is 2. The van der Waals surface area contributed by atoms with Crippen LogP contribution in [0.25, 0.3) is 0 Å². The van der Waals surface area contributed by atoms with Gasteiger partial charge in [0.15, 0.2) is 0 Å². The van der Waals surface area contributed by atoms with Crippen molar-refractivity contribution in [3.05, 3.63) is 33.2 Å². The van der Waals surface area contributed by atoms with Crippen molar-refractivity contribution in [2.24, 2.45) is 11.8 Å². The average Bonchev–Trinajstić information content (AvgIpc) is 3.28. The topological polar surface area (TPSA) is 15.3 Å². The van der Waals surface area contributed by atoms with Gasteiger partial charge in [-0.15, -0.1) is 11.8 Å². The molecule has 0 bridgehead atoms. The Balaban J connectivity index is 1.65. The smallest absolute Gasteiger partial charge is 0.0568 e. The Morgan fingerprint density at radius 1 is 1.25 bits per heavy atom. The fourth-order valence-electron chi connectivity index (χ4n) is 4.72. The van der Waals surface area contributed by atoms with Crippen LogP contribution in [0.2, 0.25) is 0 Å². The molecule has 3 heteroatoms. The summed E-state index contributed by atoms with van der Waals surface area (Å²) in [5.74, 6) is 1.86. The molecule has 0 aromatic heterocycles. The Hall–Kier alpha value is -0.670. The molecule has 0 amide bonds. The van der Waals surface area contributed by atoms with E-state index in [9.17, 15) is 0 Å². The number of nitrogens with zero attached hydrogens (tertiary/aromatic N) is 1. The molecule has 20 heavy (non-hydrogen) atoms. The third kappa shape index (κ3) is 1.62. The monoisotopic (exact) mass is 286 g/mol. The maximum atomic E-state index is 3.72. The number of fused-ring (bicyclic) bond motifs is 2. The molecular formula is C17H22N2S. The fourth-order valence-corrected chi connectivity index (χ4v) is 5.68. The van der Waals surface area contributed by atoms with Crippen LogP contribution in [0.3, 0.4) is 0 Å². The quantitative estimate of drug-likeness (QED) is 0.796. The SMILES string of the molecule is C1=CSC2=C3C(=C4CNCC(C5CC5)C4N3C1)CCC2. The molecule has 2 nitrogen and oxygen atoms in total. The summed E-state index contributed by atoms with van der Waals surface area (Å²) in [4.78, 5) is 4.43. The molecule has 1 N–H and O–H groups in total. The number of piperidine rings is 1. The van der Waals surface area contributed by atoms with Crippen molar-refractivity contribution < 1.29 is 0 Å². The maximum absolute atomic E-state index is 3.72. The lowest BCUT2D eigenvalue weighted by Gasteiger charge is -2.39. The van der Waals surface area contributed by atoms with E-state index in [1.54, 1.807) is 21.7 Å². The molecule has 3 heterocycles. The van der Waals surface area contributed by atoms with E-state index in [1.807, 2.05) is 11.8 Å². The Morgan fingerprint density at radius 2 is 2.20 bits per heavy atom. The highest BCUT2D eigenvalue weighted by Crippen LogP contribution is 2.52. The molecule has 1 saturated carbocycles. The Kier molecular flexibility index (Phi) is 2.63. The zero-order chi connectivity index (χ0) is 13.1. The van der Waals surface area contributed by atoms with E-state index < -0.39 is 0 Å². The molecule has 1 saturated heterocycles. The van der Waals surface area contributed by atoms with Gasteiger partial charge in [-0.1, -0.05) is 6.08 Å². The molecular weight excluding hydrogens is 264 g/mol. The van der Waals surface area contributed by atoms with Crippen LogP contribution in [0.1, 0.15) is 32.1 Å². The van der Waals surface area contributed by atoms with Crippen LogP contribution in [0.5, 0.6) is 0 Å². The zero-order valence-electron chi connectivity index (χ0n) is 11.9. The highest BCUT2D eigenvalue weighted by Gasteiger charge is 2.48. The van der Waals surface area contributed by atoms with Crippen molar-refractivity contribution in [3.8, 4) is 0 Å². The molecule has 2 atom stereocenters. The van der Waals surface area contributed by atoms with E-state index in [-0.39, 0.29) is 0 Å². The Morgan fingerprint density at radius 3 is 3.10 bits per heavy atom. The largest absolute Gasteiger partial charge is 0.360 e. The fraction of sp³-hybridized carbons (Fsp3) is 0.647. The Bertz CT molecular complexity index is 541. The van der Waals surface area contributed by atoms with Crippen molar-refractivity contribution in [1.82, 2.24) is 10.2 Å². The molecule has 0 spiro atoms. The third-order valence-corrected chi connectivity index (χ3v) is 6.70. The van der Waals surface area contributed by atoms with Gasteiger partial charge in [0.05, 0.1) is 11.7 Å². The lowest BCUT2D eigenvalue weighted by Crippen LogP contribution is -2.48. The lowest BCUT2D eigenvalue weighted by atomic mass is 9.84. The minimum absolute atomic E-state index is 0.727. The van der Waals surface area contributed by atoms with Gasteiger partial charge in [0.1, 0.15) is 0 Å². The summed E-state index contributed by atoms with van der Waals surface area (Å²) in [5.41, 5.74) is 5.14. The van der Waals surface area contributed by atoms with Gasteiger partial charge in [0.2, 0.25) is 0 Å². The molecule has 2 fully saturated rings. The van der Waals surface area contributed by atoms with Gasteiger partial charge in [-0.2, -0.15) is 0 Å². The summed E-state index contributed by atoms with van der Waals surface area (Å²) >= 11 is 1.99. The van der Waals surface area contributed by atoms with Crippen LogP contribution in [0.4, 0.5) is 0 Å². The summed E-state index contributed by atoms with van der Waals surface area (Å²) in [6, 6.07) is 0.727. The molecule has 0 aromatic rings. The average molecular weight is 286 g/mol. The first kappa shape index (κ1) is 11.9. The second-order valence-corrected chi connectivity index (χ2v) is 7.85. The molecule has 5 rings (SSSR count). The molecule has 0 radical (unpaired) electrons. The highest BCUT2D eigenvalue weighted by atomic mass is 32.2. The maximum Gasteiger partial charge on any atom is 0.0568 e. The summed E-state index contributed by atoms with van der Waals surface area (Å²) < 4.78 is 0. The van der Waals surface area contributed by atoms with Crippen LogP contribution < -0.4 is 5.32 Å². The molecule has 0 aromatic carbocycles. The van der Waals surface area contributed by atoms with E-state index >= 15 is 0 Å². The number of nitrogens with one attached hydrogen (secondary N) is 1. The standard InChI is InChI=1S/C17H22N2S/c1-3-12-14-10-18-9-13(11-5-6-11)16(14)19-7-2-8-20-15(4-1)17(12)19/h2,8,11,13,16,18H,1,3-7,9-10H2. The normalized spacial score (nSPS) is 36.1. The first-order valence-corrected chi connectivity index (χ1v) is 9.06. The number of thioether (sulfide) groups is 1. The molecule has 2 unspecified atom stereocenters. The molecule has 3 aliphatic heterocycles. The van der Waals surface area contributed by atoms with Crippen LogP contribution in [0.15, 0.2) is 33.2 Å². The lowest BCUT2D eigenvalue weighted by molar-refractivity contribution is 0.205. The van der Waals surface area contributed by atoms with Gasteiger partial charge >= 0.3 is 0 Å². The van der Waals surface area contributed by atoms with Crippen molar-refractivity contribution in [2.75, 3.05) is 19.6 Å². The van der Waals surface area contributed by atoms with Crippen molar-refractivity contribution in [1.29, 1.82) is 0 Å². The second-order valence-electron chi connectivity index (χ2n) is 6.85. The minimum Gasteiger partial charge on any atom is -0.360 e. The molecule has 106 valence electrons.